The van der Waals surface area contributed by atoms with Crippen LogP contribution in [0.5, 0.6) is 0 Å². The summed E-state index contributed by atoms with van der Waals surface area (Å²) in [4.78, 5) is 11.7. The summed E-state index contributed by atoms with van der Waals surface area (Å²) in [6.45, 7) is 2.61. The number of carbonyl (C=O) groups is 1. The number of ether oxygens (including phenoxy) is 1. The molecule has 94 valence electrons. The number of benzene rings is 1. The van der Waals surface area contributed by atoms with Crippen LogP contribution in [0.25, 0.3) is 0 Å². The molecule has 0 aliphatic carbocycles. The molecule has 17 heavy (non-hydrogen) atoms. The number of nitrogens with one attached hydrogen (secondary N) is 1. The van der Waals surface area contributed by atoms with Crippen LogP contribution in [0.2, 0.25) is 0 Å². The Kier molecular flexibility index (Phi) is 6.29. The first kappa shape index (κ1) is 13.7. The van der Waals surface area contributed by atoms with Crippen LogP contribution in [-0.4, -0.2) is 30.3 Å². The first-order valence-electron chi connectivity index (χ1n) is 5.82. The van der Waals surface area contributed by atoms with Crippen LogP contribution in [-0.2, 0) is 16.1 Å². The molecule has 0 bridgehead atoms. The Bertz CT molecular complexity index is 327. The zero-order chi connectivity index (χ0) is 12.5. The van der Waals surface area contributed by atoms with Crippen molar-refractivity contribution in [3.05, 3.63) is 35.9 Å². The maximum Gasteiger partial charge on any atom is 0.323 e. The van der Waals surface area contributed by atoms with Crippen molar-refractivity contribution in [3.63, 3.8) is 0 Å². The molecule has 0 heterocycles. The topological polar surface area (TPSA) is 58.6 Å². The lowest BCUT2D eigenvalue weighted by Crippen LogP contribution is -2.38. The lowest BCUT2D eigenvalue weighted by atomic mass is 10.2. The lowest BCUT2D eigenvalue weighted by Gasteiger charge is -2.15. The summed E-state index contributed by atoms with van der Waals surface area (Å²) in [5, 5.41) is 11.6. The fraction of sp³-hybridized carbons (Fsp3) is 0.462. The van der Waals surface area contributed by atoms with E-state index in [4.69, 9.17) is 9.84 Å². The number of rotatable bonds is 7. The molecule has 0 aliphatic heterocycles. The van der Waals surface area contributed by atoms with E-state index in [9.17, 15) is 4.79 Å². The highest BCUT2D eigenvalue weighted by molar-refractivity contribution is 5.75. The van der Waals surface area contributed by atoms with Gasteiger partial charge in [0.2, 0.25) is 0 Å². The summed E-state index contributed by atoms with van der Waals surface area (Å²) in [6.07, 6.45) is 0.646. The second kappa shape index (κ2) is 7.81. The van der Waals surface area contributed by atoms with Gasteiger partial charge in [-0.05, 0) is 12.0 Å². The molecule has 1 aromatic carbocycles. The molecule has 0 aliphatic rings. The number of hydrogen-bond acceptors (Lipinski definition) is 4. The van der Waals surface area contributed by atoms with Crippen molar-refractivity contribution >= 4 is 5.97 Å². The van der Waals surface area contributed by atoms with E-state index in [1.54, 1.807) is 0 Å². The number of hydrogen-bond donors (Lipinski definition) is 2. The minimum atomic E-state index is -0.342. The Hall–Kier alpha value is -1.39. The van der Waals surface area contributed by atoms with Crippen molar-refractivity contribution in [3.8, 4) is 0 Å². The van der Waals surface area contributed by atoms with Crippen molar-refractivity contribution in [1.29, 1.82) is 0 Å². The molecule has 0 radical (unpaired) electrons. The van der Waals surface area contributed by atoms with Crippen molar-refractivity contribution in [2.45, 2.75) is 26.0 Å². The van der Waals surface area contributed by atoms with Gasteiger partial charge in [-0.1, -0.05) is 37.3 Å². The first-order chi connectivity index (χ1) is 8.27. The molecule has 0 aromatic heterocycles. The molecule has 4 nitrogen and oxygen atoms in total. The first-order valence-corrected chi connectivity index (χ1v) is 5.82. The van der Waals surface area contributed by atoms with Gasteiger partial charge in [-0.2, -0.15) is 0 Å². The van der Waals surface area contributed by atoms with Gasteiger partial charge in [-0.15, -0.1) is 0 Å². The van der Waals surface area contributed by atoms with Crippen LogP contribution < -0.4 is 5.32 Å². The summed E-state index contributed by atoms with van der Waals surface area (Å²) in [5.74, 6) is -0.273. The molecule has 0 spiro atoms. The molecule has 0 saturated carbocycles. The lowest BCUT2D eigenvalue weighted by molar-refractivity contribution is -0.147. The summed E-state index contributed by atoms with van der Waals surface area (Å²) in [7, 11) is 0. The standard InChI is InChI=1S/C13H19NO3/c1-2-12(14-8-9-15)13(16)17-10-11-6-4-3-5-7-11/h3-7,12,14-15H,2,8-10H2,1H3. The minimum absolute atomic E-state index is 0.0163. The molecule has 0 amide bonds. The zero-order valence-corrected chi connectivity index (χ0v) is 10.1. The highest BCUT2D eigenvalue weighted by Crippen LogP contribution is 2.03. The molecule has 1 atom stereocenters. The van der Waals surface area contributed by atoms with Crippen molar-refractivity contribution in [2.75, 3.05) is 13.2 Å². The van der Waals surface area contributed by atoms with E-state index in [2.05, 4.69) is 5.32 Å². The van der Waals surface area contributed by atoms with E-state index in [1.165, 1.54) is 0 Å². The van der Waals surface area contributed by atoms with Gasteiger partial charge in [0.1, 0.15) is 12.6 Å². The predicted molar refractivity (Wildman–Crippen MR) is 65.4 cm³/mol. The molecule has 0 saturated heterocycles. The van der Waals surface area contributed by atoms with E-state index < -0.39 is 0 Å². The van der Waals surface area contributed by atoms with Crippen LogP contribution in [0.3, 0.4) is 0 Å². The predicted octanol–water partition coefficient (Wildman–Crippen LogP) is 1.09. The molecular weight excluding hydrogens is 218 g/mol. The summed E-state index contributed by atoms with van der Waals surface area (Å²) < 4.78 is 5.20. The second-order valence-corrected chi connectivity index (χ2v) is 3.73. The Labute approximate surface area is 102 Å². The molecule has 1 rings (SSSR count). The normalized spacial score (nSPS) is 12.1. The third kappa shape index (κ3) is 4.97. The molecule has 4 heteroatoms. The Morgan fingerprint density at radius 3 is 2.71 bits per heavy atom. The van der Waals surface area contributed by atoms with Gasteiger partial charge in [0.05, 0.1) is 6.61 Å². The van der Waals surface area contributed by atoms with Gasteiger partial charge in [0, 0.05) is 6.54 Å². The zero-order valence-electron chi connectivity index (χ0n) is 10.1. The van der Waals surface area contributed by atoms with E-state index in [0.29, 0.717) is 13.0 Å². The third-order valence-corrected chi connectivity index (χ3v) is 2.42. The van der Waals surface area contributed by atoms with Crippen LogP contribution in [0, 0.1) is 0 Å². The molecule has 0 fully saturated rings. The van der Waals surface area contributed by atoms with Gasteiger partial charge in [0.15, 0.2) is 0 Å². The van der Waals surface area contributed by atoms with Gasteiger partial charge < -0.3 is 15.2 Å². The number of carbonyl (C=O) groups excluding carboxylic acids is 1. The van der Waals surface area contributed by atoms with E-state index in [-0.39, 0.29) is 25.2 Å². The fourth-order valence-corrected chi connectivity index (χ4v) is 1.46. The van der Waals surface area contributed by atoms with Gasteiger partial charge in [-0.25, -0.2) is 0 Å². The average molecular weight is 237 g/mol. The SMILES string of the molecule is CCC(NCCO)C(=O)OCc1ccccc1. The maximum atomic E-state index is 11.7. The van der Waals surface area contributed by atoms with E-state index in [0.717, 1.165) is 5.56 Å². The largest absolute Gasteiger partial charge is 0.460 e. The summed E-state index contributed by atoms with van der Waals surface area (Å²) in [6, 6.07) is 9.22. The van der Waals surface area contributed by atoms with Crippen LogP contribution in [0.1, 0.15) is 18.9 Å². The average Bonchev–Trinajstić information content (AvgIpc) is 2.38. The number of aliphatic hydroxyl groups excluding tert-OH is 1. The van der Waals surface area contributed by atoms with Crippen LogP contribution in [0.15, 0.2) is 30.3 Å². The fourth-order valence-electron chi connectivity index (χ4n) is 1.46. The number of esters is 1. The monoisotopic (exact) mass is 237 g/mol. The molecule has 1 unspecified atom stereocenters. The Balaban J connectivity index is 2.37. The maximum absolute atomic E-state index is 11.7. The van der Waals surface area contributed by atoms with Crippen LogP contribution in [0.4, 0.5) is 0 Å². The van der Waals surface area contributed by atoms with Crippen molar-refractivity contribution in [1.82, 2.24) is 5.32 Å². The summed E-state index contributed by atoms with van der Waals surface area (Å²) in [5.41, 5.74) is 0.970. The molecule has 1 aromatic rings. The van der Waals surface area contributed by atoms with E-state index >= 15 is 0 Å². The highest BCUT2D eigenvalue weighted by atomic mass is 16.5. The van der Waals surface area contributed by atoms with Crippen LogP contribution >= 0.6 is 0 Å². The second-order valence-electron chi connectivity index (χ2n) is 3.73. The number of aliphatic hydroxyl groups is 1. The van der Waals surface area contributed by atoms with E-state index in [1.807, 2.05) is 37.3 Å². The van der Waals surface area contributed by atoms with Crippen molar-refractivity contribution in [2.24, 2.45) is 0 Å². The smallest absolute Gasteiger partial charge is 0.323 e. The summed E-state index contributed by atoms with van der Waals surface area (Å²) >= 11 is 0. The third-order valence-electron chi connectivity index (χ3n) is 2.42. The minimum Gasteiger partial charge on any atom is -0.460 e. The quantitative estimate of drug-likeness (QED) is 0.697. The van der Waals surface area contributed by atoms with Gasteiger partial charge in [-0.3, -0.25) is 4.79 Å². The van der Waals surface area contributed by atoms with Gasteiger partial charge in [0.25, 0.3) is 0 Å². The molecule has 2 N–H and O–H groups in total. The van der Waals surface area contributed by atoms with Gasteiger partial charge >= 0.3 is 5.97 Å². The molecular formula is C13H19NO3. The Morgan fingerprint density at radius 1 is 1.41 bits per heavy atom. The Morgan fingerprint density at radius 2 is 2.12 bits per heavy atom. The highest BCUT2D eigenvalue weighted by Gasteiger charge is 2.16. The van der Waals surface area contributed by atoms with Crippen molar-refractivity contribution < 1.29 is 14.6 Å².